The summed E-state index contributed by atoms with van der Waals surface area (Å²) in [5.41, 5.74) is 2.42. The molecule has 0 aliphatic carbocycles. The summed E-state index contributed by atoms with van der Waals surface area (Å²) in [5, 5.41) is 8.50. The molecule has 0 aliphatic rings. The highest BCUT2D eigenvalue weighted by Crippen LogP contribution is 2.24. The van der Waals surface area contributed by atoms with Gasteiger partial charge < -0.3 is 0 Å². The fraction of sp³-hybridized carbons (Fsp3) is 0.143. The molecule has 1 aromatic carbocycles. The summed E-state index contributed by atoms with van der Waals surface area (Å²) in [4.78, 5) is 22.5. The number of aromatic nitrogens is 4. The molecule has 0 saturated heterocycles. The first kappa shape index (κ1) is 19.3. The third kappa shape index (κ3) is 4.36. The molecule has 6 nitrogen and oxygen atoms in total. The van der Waals surface area contributed by atoms with Crippen molar-refractivity contribution >= 4 is 34.0 Å². The number of carbonyl (C=O) groups excluding carboxylic acids is 1. The number of rotatable bonds is 6. The van der Waals surface area contributed by atoms with E-state index >= 15 is 0 Å². The summed E-state index contributed by atoms with van der Waals surface area (Å²) in [5.74, 6) is 0.453. The Balaban J connectivity index is 1.50. The van der Waals surface area contributed by atoms with Crippen molar-refractivity contribution in [3.8, 4) is 5.82 Å². The standard InChI is InChI=1S/C21H18ClN5OS/c1-2-18-17(13-25-27(18)19-8-3-4-9-23-19)20(28)26-21-24-12-16(29-21)11-14-6-5-7-15(22)10-14/h3-10,12-13H,2,11H2,1H3,(H,24,26,28). The van der Waals surface area contributed by atoms with Crippen molar-refractivity contribution < 1.29 is 4.79 Å². The average molecular weight is 424 g/mol. The van der Waals surface area contributed by atoms with E-state index in [-0.39, 0.29) is 5.91 Å². The first-order valence-corrected chi connectivity index (χ1v) is 10.3. The second kappa shape index (κ2) is 8.55. The minimum Gasteiger partial charge on any atom is -0.298 e. The van der Waals surface area contributed by atoms with E-state index in [1.807, 2.05) is 49.4 Å². The van der Waals surface area contributed by atoms with Gasteiger partial charge in [-0.2, -0.15) is 5.10 Å². The average Bonchev–Trinajstić information content (AvgIpc) is 3.35. The van der Waals surface area contributed by atoms with Crippen LogP contribution in [0.3, 0.4) is 0 Å². The third-order valence-corrected chi connectivity index (χ3v) is 5.50. The Bertz CT molecular complexity index is 1140. The van der Waals surface area contributed by atoms with E-state index in [9.17, 15) is 4.79 Å². The first-order valence-electron chi connectivity index (χ1n) is 9.13. The zero-order valence-electron chi connectivity index (χ0n) is 15.7. The lowest BCUT2D eigenvalue weighted by Crippen LogP contribution is -2.14. The Morgan fingerprint density at radius 1 is 1.17 bits per heavy atom. The summed E-state index contributed by atoms with van der Waals surface area (Å²) < 4.78 is 1.70. The lowest BCUT2D eigenvalue weighted by molar-refractivity contribution is 0.102. The molecule has 146 valence electrons. The summed E-state index contributed by atoms with van der Waals surface area (Å²) in [6, 6.07) is 13.3. The minimum absolute atomic E-state index is 0.229. The molecule has 0 spiro atoms. The smallest absolute Gasteiger partial charge is 0.260 e. The highest BCUT2D eigenvalue weighted by molar-refractivity contribution is 7.15. The van der Waals surface area contributed by atoms with Crippen LogP contribution in [0.15, 0.2) is 61.1 Å². The van der Waals surface area contributed by atoms with E-state index in [0.717, 1.165) is 16.1 Å². The molecular formula is C21H18ClN5OS. The molecule has 3 aromatic heterocycles. The highest BCUT2D eigenvalue weighted by atomic mass is 35.5. The zero-order valence-corrected chi connectivity index (χ0v) is 17.2. The topological polar surface area (TPSA) is 72.7 Å². The van der Waals surface area contributed by atoms with E-state index in [1.165, 1.54) is 11.3 Å². The molecule has 0 unspecified atom stereocenters. The van der Waals surface area contributed by atoms with Crippen LogP contribution in [0.5, 0.6) is 0 Å². The maximum absolute atomic E-state index is 12.8. The van der Waals surface area contributed by atoms with Gasteiger partial charge in [-0.1, -0.05) is 36.7 Å². The zero-order chi connectivity index (χ0) is 20.2. The number of hydrogen-bond donors (Lipinski definition) is 1. The number of benzene rings is 1. The minimum atomic E-state index is -0.229. The van der Waals surface area contributed by atoms with Gasteiger partial charge in [0.2, 0.25) is 0 Å². The second-order valence-electron chi connectivity index (χ2n) is 6.35. The van der Waals surface area contributed by atoms with Gasteiger partial charge in [-0.15, -0.1) is 11.3 Å². The number of halogens is 1. The van der Waals surface area contributed by atoms with E-state index < -0.39 is 0 Å². The Morgan fingerprint density at radius 2 is 2.07 bits per heavy atom. The van der Waals surface area contributed by atoms with Crippen LogP contribution in [-0.2, 0) is 12.8 Å². The summed E-state index contributed by atoms with van der Waals surface area (Å²) in [6.07, 6.45) is 6.42. The van der Waals surface area contributed by atoms with Gasteiger partial charge in [0.25, 0.3) is 5.91 Å². The van der Waals surface area contributed by atoms with Crippen molar-refractivity contribution in [2.24, 2.45) is 0 Å². The normalized spacial score (nSPS) is 10.8. The van der Waals surface area contributed by atoms with Gasteiger partial charge in [0.15, 0.2) is 10.9 Å². The molecule has 0 bridgehead atoms. The Hall–Kier alpha value is -3.03. The fourth-order valence-electron chi connectivity index (χ4n) is 3.04. The quantitative estimate of drug-likeness (QED) is 0.484. The van der Waals surface area contributed by atoms with Crippen molar-refractivity contribution in [3.63, 3.8) is 0 Å². The van der Waals surface area contributed by atoms with Crippen LogP contribution in [0.4, 0.5) is 5.13 Å². The predicted octanol–water partition coefficient (Wildman–Crippen LogP) is 4.78. The van der Waals surface area contributed by atoms with Gasteiger partial charge >= 0.3 is 0 Å². The van der Waals surface area contributed by atoms with Gasteiger partial charge in [0.1, 0.15) is 0 Å². The molecular weight excluding hydrogens is 406 g/mol. The van der Waals surface area contributed by atoms with E-state index in [4.69, 9.17) is 11.6 Å². The fourth-order valence-corrected chi connectivity index (χ4v) is 4.09. The second-order valence-corrected chi connectivity index (χ2v) is 7.90. The molecule has 29 heavy (non-hydrogen) atoms. The number of anilines is 1. The van der Waals surface area contributed by atoms with Crippen LogP contribution in [0, 0.1) is 0 Å². The molecule has 0 aliphatic heterocycles. The number of nitrogens with one attached hydrogen (secondary N) is 1. The Morgan fingerprint density at radius 3 is 2.83 bits per heavy atom. The summed E-state index contributed by atoms with van der Waals surface area (Å²) in [7, 11) is 0. The van der Waals surface area contributed by atoms with Crippen LogP contribution in [0.1, 0.15) is 33.4 Å². The molecule has 8 heteroatoms. The third-order valence-electron chi connectivity index (χ3n) is 4.36. The summed E-state index contributed by atoms with van der Waals surface area (Å²) >= 11 is 7.49. The number of nitrogens with zero attached hydrogens (tertiary/aromatic N) is 4. The molecule has 0 fully saturated rings. The molecule has 3 heterocycles. The van der Waals surface area contributed by atoms with E-state index in [1.54, 1.807) is 23.3 Å². The van der Waals surface area contributed by atoms with Crippen LogP contribution in [0.2, 0.25) is 5.02 Å². The predicted molar refractivity (Wildman–Crippen MR) is 115 cm³/mol. The maximum atomic E-state index is 12.8. The van der Waals surface area contributed by atoms with E-state index in [0.29, 0.717) is 34.4 Å². The van der Waals surface area contributed by atoms with Gasteiger partial charge in [-0.05, 0) is 36.2 Å². The molecule has 0 radical (unpaired) electrons. The van der Waals surface area contributed by atoms with Crippen molar-refractivity contribution in [2.45, 2.75) is 19.8 Å². The summed E-state index contributed by atoms with van der Waals surface area (Å²) in [6.45, 7) is 1.99. The van der Waals surface area contributed by atoms with Crippen molar-refractivity contribution in [1.29, 1.82) is 0 Å². The Labute approximate surface area is 177 Å². The molecule has 0 saturated carbocycles. The van der Waals surface area contributed by atoms with Crippen LogP contribution in [0.25, 0.3) is 5.82 Å². The molecule has 4 rings (SSSR count). The van der Waals surface area contributed by atoms with Crippen molar-refractivity contribution in [3.05, 3.63) is 87.8 Å². The van der Waals surface area contributed by atoms with Crippen LogP contribution < -0.4 is 5.32 Å². The molecule has 4 aromatic rings. The first-order chi connectivity index (χ1) is 14.1. The van der Waals surface area contributed by atoms with Gasteiger partial charge in [0, 0.05) is 28.7 Å². The van der Waals surface area contributed by atoms with Crippen LogP contribution >= 0.6 is 22.9 Å². The number of hydrogen-bond acceptors (Lipinski definition) is 5. The molecule has 1 amide bonds. The van der Waals surface area contributed by atoms with Gasteiger partial charge in [-0.3, -0.25) is 10.1 Å². The number of amides is 1. The van der Waals surface area contributed by atoms with Crippen molar-refractivity contribution in [2.75, 3.05) is 5.32 Å². The Kier molecular flexibility index (Phi) is 5.69. The van der Waals surface area contributed by atoms with Crippen molar-refractivity contribution in [1.82, 2.24) is 19.7 Å². The largest absolute Gasteiger partial charge is 0.298 e. The highest BCUT2D eigenvalue weighted by Gasteiger charge is 2.18. The lowest BCUT2D eigenvalue weighted by atomic mass is 10.1. The SMILES string of the molecule is CCc1c(C(=O)Nc2ncc(Cc3cccc(Cl)c3)s2)cnn1-c1ccccn1. The van der Waals surface area contributed by atoms with Gasteiger partial charge in [-0.25, -0.2) is 14.6 Å². The lowest BCUT2D eigenvalue weighted by Gasteiger charge is -2.06. The van der Waals surface area contributed by atoms with Gasteiger partial charge in [0.05, 0.1) is 17.5 Å². The molecule has 1 N–H and O–H groups in total. The van der Waals surface area contributed by atoms with E-state index in [2.05, 4.69) is 20.4 Å². The number of thiazole rings is 1. The number of pyridine rings is 1. The maximum Gasteiger partial charge on any atom is 0.260 e. The monoisotopic (exact) mass is 423 g/mol. The number of carbonyl (C=O) groups is 1. The molecule has 0 atom stereocenters. The van der Waals surface area contributed by atoms with Crippen LogP contribution in [-0.4, -0.2) is 25.7 Å².